The van der Waals surface area contributed by atoms with Gasteiger partial charge in [-0.1, -0.05) is 0 Å². The molecule has 0 spiro atoms. The number of halogens is 1. The molecule has 0 saturated carbocycles. The van der Waals surface area contributed by atoms with Gasteiger partial charge in [-0.15, -0.1) is 11.8 Å². The van der Waals surface area contributed by atoms with E-state index in [0.29, 0.717) is 3.57 Å². The molecule has 2 aromatic carbocycles. The van der Waals surface area contributed by atoms with E-state index in [1.165, 1.54) is 11.0 Å². The van der Waals surface area contributed by atoms with Crippen molar-refractivity contribution in [2.45, 2.75) is 4.90 Å². The molecule has 2 rings (SSSR count). The minimum absolute atomic E-state index is 0.129. The summed E-state index contributed by atoms with van der Waals surface area (Å²) in [5.41, 5.74) is 1.93. The largest absolute Gasteiger partial charge is 0.355 e. The maximum absolute atomic E-state index is 10.7. The lowest BCUT2D eigenvalue weighted by Gasteiger charge is -2.07. The normalized spacial score (nSPS) is 10.2. The lowest BCUT2D eigenvalue weighted by molar-refractivity contribution is -0.385. The molecule has 0 bridgehead atoms. The van der Waals surface area contributed by atoms with Crippen molar-refractivity contribution >= 4 is 51.4 Å². The minimum atomic E-state index is -0.376. The van der Waals surface area contributed by atoms with Crippen LogP contribution < -0.4 is 5.32 Å². The SMILES string of the molecule is CSc1ccc(Nc2ccc([N+](=O)[O-])c(I)c2)cc1. The number of thioether (sulfide) groups is 1. The Hall–Kier alpha value is -1.28. The Morgan fingerprint density at radius 1 is 1.16 bits per heavy atom. The average molecular weight is 386 g/mol. The smallest absolute Gasteiger partial charge is 0.282 e. The van der Waals surface area contributed by atoms with Gasteiger partial charge in [0, 0.05) is 22.3 Å². The van der Waals surface area contributed by atoms with Gasteiger partial charge in [-0.3, -0.25) is 10.1 Å². The maximum atomic E-state index is 10.7. The van der Waals surface area contributed by atoms with Crippen molar-refractivity contribution in [3.8, 4) is 0 Å². The first kappa shape index (κ1) is 14.1. The molecule has 6 heteroatoms. The van der Waals surface area contributed by atoms with Crippen LogP contribution in [0.4, 0.5) is 17.1 Å². The van der Waals surface area contributed by atoms with Gasteiger partial charge >= 0.3 is 0 Å². The van der Waals surface area contributed by atoms with E-state index in [0.717, 1.165) is 11.4 Å². The number of nitrogens with one attached hydrogen (secondary N) is 1. The number of nitrogens with zero attached hydrogens (tertiary/aromatic N) is 1. The van der Waals surface area contributed by atoms with Gasteiger partial charge in [-0.2, -0.15) is 0 Å². The van der Waals surface area contributed by atoms with Crippen LogP contribution in [-0.4, -0.2) is 11.2 Å². The lowest BCUT2D eigenvalue weighted by Crippen LogP contribution is -1.94. The summed E-state index contributed by atoms with van der Waals surface area (Å²) in [5.74, 6) is 0. The highest BCUT2D eigenvalue weighted by Gasteiger charge is 2.11. The van der Waals surface area contributed by atoms with Gasteiger partial charge in [-0.05, 0) is 65.2 Å². The van der Waals surface area contributed by atoms with Crippen LogP contribution in [0, 0.1) is 13.7 Å². The number of nitro groups is 1. The first-order chi connectivity index (χ1) is 9.10. The summed E-state index contributed by atoms with van der Waals surface area (Å²) in [6, 6.07) is 13.0. The second-order valence-electron chi connectivity index (χ2n) is 3.78. The molecule has 1 N–H and O–H groups in total. The Balaban J connectivity index is 2.18. The summed E-state index contributed by atoms with van der Waals surface area (Å²) in [7, 11) is 0. The Labute approximate surface area is 128 Å². The molecule has 0 fully saturated rings. The summed E-state index contributed by atoms with van der Waals surface area (Å²) in [6.45, 7) is 0. The van der Waals surface area contributed by atoms with Crippen LogP contribution in [0.2, 0.25) is 0 Å². The van der Waals surface area contributed by atoms with E-state index < -0.39 is 0 Å². The van der Waals surface area contributed by atoms with E-state index in [1.54, 1.807) is 23.9 Å². The second-order valence-corrected chi connectivity index (χ2v) is 5.82. The second kappa shape index (κ2) is 6.25. The molecule has 98 valence electrons. The standard InChI is InChI=1S/C13H11IN2O2S/c1-19-11-5-2-9(3-6-11)15-10-4-7-13(16(17)18)12(14)8-10/h2-8,15H,1H3. The van der Waals surface area contributed by atoms with Crippen molar-refractivity contribution < 1.29 is 4.92 Å². The lowest BCUT2D eigenvalue weighted by atomic mass is 10.2. The zero-order valence-electron chi connectivity index (χ0n) is 10.1. The Morgan fingerprint density at radius 2 is 1.79 bits per heavy atom. The molecule has 4 nitrogen and oxygen atoms in total. The van der Waals surface area contributed by atoms with Gasteiger partial charge in [0.1, 0.15) is 0 Å². The van der Waals surface area contributed by atoms with Gasteiger partial charge in [0.25, 0.3) is 5.69 Å². The molecule has 0 heterocycles. The van der Waals surface area contributed by atoms with Gasteiger partial charge in [0.15, 0.2) is 0 Å². The fraction of sp³-hybridized carbons (Fsp3) is 0.0769. The number of rotatable bonds is 4. The number of hydrogen-bond acceptors (Lipinski definition) is 4. The number of benzene rings is 2. The topological polar surface area (TPSA) is 55.2 Å². The average Bonchev–Trinajstić information content (AvgIpc) is 2.39. The van der Waals surface area contributed by atoms with Crippen LogP contribution in [0.5, 0.6) is 0 Å². The predicted octanol–water partition coefficient (Wildman–Crippen LogP) is 4.66. The molecule has 0 aliphatic carbocycles. The first-order valence-corrected chi connectivity index (χ1v) is 7.75. The zero-order valence-corrected chi connectivity index (χ0v) is 13.1. The molecule has 19 heavy (non-hydrogen) atoms. The molecule has 0 atom stereocenters. The van der Waals surface area contributed by atoms with Crippen molar-refractivity contribution in [1.29, 1.82) is 0 Å². The molecule has 0 aliphatic rings. The minimum Gasteiger partial charge on any atom is -0.355 e. The van der Waals surface area contributed by atoms with Crippen molar-refractivity contribution in [2.24, 2.45) is 0 Å². The fourth-order valence-corrected chi connectivity index (χ4v) is 2.69. The third kappa shape index (κ3) is 3.60. The highest BCUT2D eigenvalue weighted by Crippen LogP contribution is 2.26. The van der Waals surface area contributed by atoms with E-state index >= 15 is 0 Å². The van der Waals surface area contributed by atoms with Gasteiger partial charge < -0.3 is 5.32 Å². The van der Waals surface area contributed by atoms with Crippen molar-refractivity contribution in [1.82, 2.24) is 0 Å². The first-order valence-electron chi connectivity index (χ1n) is 5.45. The van der Waals surface area contributed by atoms with E-state index in [1.807, 2.05) is 53.1 Å². The third-order valence-corrected chi connectivity index (χ3v) is 4.13. The Morgan fingerprint density at radius 3 is 2.32 bits per heavy atom. The highest BCUT2D eigenvalue weighted by atomic mass is 127. The van der Waals surface area contributed by atoms with Crippen LogP contribution in [0.1, 0.15) is 0 Å². The number of anilines is 2. The van der Waals surface area contributed by atoms with Crippen LogP contribution >= 0.6 is 34.4 Å². The van der Waals surface area contributed by atoms with Crippen molar-refractivity contribution in [2.75, 3.05) is 11.6 Å². The van der Waals surface area contributed by atoms with Crippen LogP contribution in [0.25, 0.3) is 0 Å². The van der Waals surface area contributed by atoms with Crippen molar-refractivity contribution in [3.05, 3.63) is 56.1 Å². The number of hydrogen-bond donors (Lipinski definition) is 1. The molecule has 2 aromatic rings. The fourth-order valence-electron chi connectivity index (χ4n) is 1.57. The number of nitro benzene ring substituents is 1. The van der Waals surface area contributed by atoms with Gasteiger partial charge in [-0.25, -0.2) is 0 Å². The van der Waals surface area contributed by atoms with Crippen LogP contribution in [-0.2, 0) is 0 Å². The molecular formula is C13H11IN2O2S. The summed E-state index contributed by atoms with van der Waals surface area (Å²) in [4.78, 5) is 11.6. The van der Waals surface area contributed by atoms with Gasteiger partial charge in [0.05, 0.1) is 8.49 Å². The molecule has 0 unspecified atom stereocenters. The highest BCUT2D eigenvalue weighted by molar-refractivity contribution is 14.1. The molecular weight excluding hydrogens is 375 g/mol. The maximum Gasteiger partial charge on any atom is 0.282 e. The Kier molecular flexibility index (Phi) is 4.65. The quantitative estimate of drug-likeness (QED) is 0.359. The third-order valence-electron chi connectivity index (χ3n) is 2.52. The predicted molar refractivity (Wildman–Crippen MR) is 87.3 cm³/mol. The summed E-state index contributed by atoms with van der Waals surface area (Å²) >= 11 is 3.66. The van der Waals surface area contributed by atoms with E-state index in [-0.39, 0.29) is 10.6 Å². The molecule has 0 aromatic heterocycles. The van der Waals surface area contributed by atoms with E-state index in [4.69, 9.17) is 0 Å². The molecule has 0 radical (unpaired) electrons. The Bertz CT molecular complexity index is 602. The van der Waals surface area contributed by atoms with Crippen LogP contribution in [0.3, 0.4) is 0 Å². The van der Waals surface area contributed by atoms with Gasteiger partial charge in [0.2, 0.25) is 0 Å². The molecule has 0 amide bonds. The van der Waals surface area contributed by atoms with Crippen LogP contribution in [0.15, 0.2) is 47.4 Å². The zero-order chi connectivity index (χ0) is 13.8. The monoisotopic (exact) mass is 386 g/mol. The molecule has 0 saturated heterocycles. The van der Waals surface area contributed by atoms with E-state index in [9.17, 15) is 10.1 Å². The van der Waals surface area contributed by atoms with Crippen molar-refractivity contribution in [3.63, 3.8) is 0 Å². The molecule has 0 aliphatic heterocycles. The summed E-state index contributed by atoms with van der Waals surface area (Å²) < 4.78 is 0.619. The van der Waals surface area contributed by atoms with E-state index in [2.05, 4.69) is 5.32 Å². The summed E-state index contributed by atoms with van der Waals surface area (Å²) in [5, 5.41) is 14.0. The summed E-state index contributed by atoms with van der Waals surface area (Å²) in [6.07, 6.45) is 2.03.